The van der Waals surface area contributed by atoms with Crippen LogP contribution in [0, 0.1) is 0 Å². The van der Waals surface area contributed by atoms with Crippen LogP contribution in [0.15, 0.2) is 24.3 Å². The molecular weight excluding hydrogens is 244 g/mol. The van der Waals surface area contributed by atoms with Gasteiger partial charge in [0.15, 0.2) is 0 Å². The van der Waals surface area contributed by atoms with Crippen molar-refractivity contribution in [1.82, 2.24) is 10.2 Å². The lowest BCUT2D eigenvalue weighted by atomic mass is 10.0. The number of methoxy groups -OCH3 is 1. The third-order valence-electron chi connectivity index (χ3n) is 3.35. The number of nitrogens with one attached hydrogen (secondary N) is 1. The van der Waals surface area contributed by atoms with E-state index >= 15 is 0 Å². The fourth-order valence-electron chi connectivity index (χ4n) is 2.23. The summed E-state index contributed by atoms with van der Waals surface area (Å²) < 4.78 is 4.66. The summed E-state index contributed by atoms with van der Waals surface area (Å²) in [4.78, 5) is 24.6. The second kappa shape index (κ2) is 5.84. The van der Waals surface area contributed by atoms with E-state index in [1.165, 1.54) is 7.11 Å². The van der Waals surface area contributed by atoms with Crippen molar-refractivity contribution in [1.29, 1.82) is 0 Å². The number of amides is 1. The Kier molecular flexibility index (Phi) is 4.16. The molecule has 1 fully saturated rings. The lowest BCUT2D eigenvalue weighted by molar-refractivity contribution is -0.130. The number of carbonyl (C=O) groups excluding carboxylic acids is 2. The zero-order valence-electron chi connectivity index (χ0n) is 11.2. The maximum atomic E-state index is 11.4. The van der Waals surface area contributed by atoms with Crippen LogP contribution in [0.25, 0.3) is 0 Å². The molecule has 1 saturated heterocycles. The van der Waals surface area contributed by atoms with Crippen LogP contribution in [0.2, 0.25) is 0 Å². The van der Waals surface area contributed by atoms with E-state index in [9.17, 15) is 9.59 Å². The van der Waals surface area contributed by atoms with Gasteiger partial charge in [0.05, 0.1) is 12.7 Å². The third kappa shape index (κ3) is 3.12. The zero-order chi connectivity index (χ0) is 13.8. The Balaban J connectivity index is 2.09. The molecule has 1 aliphatic heterocycles. The van der Waals surface area contributed by atoms with E-state index in [0.717, 1.165) is 18.7 Å². The molecule has 1 N–H and O–H groups in total. The van der Waals surface area contributed by atoms with Gasteiger partial charge in [-0.2, -0.15) is 0 Å². The maximum Gasteiger partial charge on any atom is 0.337 e. The molecule has 1 aromatic carbocycles. The topological polar surface area (TPSA) is 58.6 Å². The lowest BCUT2D eigenvalue weighted by Gasteiger charge is -2.33. The molecule has 5 nitrogen and oxygen atoms in total. The van der Waals surface area contributed by atoms with Crippen molar-refractivity contribution in [3.63, 3.8) is 0 Å². The van der Waals surface area contributed by atoms with Crippen LogP contribution in [0.1, 0.15) is 28.9 Å². The van der Waals surface area contributed by atoms with Crippen molar-refractivity contribution >= 4 is 11.9 Å². The predicted octanol–water partition coefficient (Wildman–Crippen LogP) is 0.966. The number of esters is 1. The molecular formula is C14H18N2O3. The second-order valence-corrected chi connectivity index (χ2v) is 4.59. The minimum atomic E-state index is -0.339. The highest BCUT2D eigenvalue weighted by atomic mass is 16.5. The van der Waals surface area contributed by atoms with Crippen molar-refractivity contribution in [2.75, 3.05) is 26.7 Å². The van der Waals surface area contributed by atoms with E-state index in [1.54, 1.807) is 19.1 Å². The largest absolute Gasteiger partial charge is 0.465 e. The van der Waals surface area contributed by atoms with Crippen LogP contribution in [0.5, 0.6) is 0 Å². The van der Waals surface area contributed by atoms with Crippen LogP contribution in [0.4, 0.5) is 0 Å². The number of benzene rings is 1. The first kappa shape index (κ1) is 13.5. The minimum absolute atomic E-state index is 0.0951. The van der Waals surface area contributed by atoms with Gasteiger partial charge in [0.1, 0.15) is 0 Å². The predicted molar refractivity (Wildman–Crippen MR) is 70.8 cm³/mol. The van der Waals surface area contributed by atoms with Gasteiger partial charge in [-0.1, -0.05) is 12.1 Å². The van der Waals surface area contributed by atoms with Gasteiger partial charge in [-0.25, -0.2) is 4.79 Å². The minimum Gasteiger partial charge on any atom is -0.465 e. The van der Waals surface area contributed by atoms with E-state index in [0.29, 0.717) is 12.1 Å². The fraction of sp³-hybridized carbons (Fsp3) is 0.429. The number of carbonyl (C=O) groups is 2. The summed E-state index contributed by atoms with van der Waals surface area (Å²) in [6.45, 7) is 3.77. The molecule has 1 heterocycles. The number of piperazine rings is 1. The molecule has 0 bridgehead atoms. The Morgan fingerprint density at radius 2 is 2.00 bits per heavy atom. The maximum absolute atomic E-state index is 11.4. The Morgan fingerprint density at radius 3 is 2.58 bits per heavy atom. The van der Waals surface area contributed by atoms with Crippen LogP contribution in [0.3, 0.4) is 0 Å². The number of hydrogen-bond acceptors (Lipinski definition) is 4. The first-order valence-electron chi connectivity index (χ1n) is 6.29. The van der Waals surface area contributed by atoms with Gasteiger partial charge < -0.3 is 15.0 Å². The van der Waals surface area contributed by atoms with Crippen molar-refractivity contribution < 1.29 is 14.3 Å². The van der Waals surface area contributed by atoms with Crippen molar-refractivity contribution in [2.24, 2.45) is 0 Å². The fourth-order valence-corrected chi connectivity index (χ4v) is 2.23. The van der Waals surface area contributed by atoms with Gasteiger partial charge in [0, 0.05) is 32.6 Å². The lowest BCUT2D eigenvalue weighted by Crippen LogP contribution is -2.47. The Morgan fingerprint density at radius 1 is 1.32 bits per heavy atom. The van der Waals surface area contributed by atoms with Gasteiger partial charge in [-0.15, -0.1) is 0 Å². The van der Waals surface area contributed by atoms with Crippen molar-refractivity contribution in [3.05, 3.63) is 35.4 Å². The number of ether oxygens (including phenoxy) is 1. The highest BCUT2D eigenvalue weighted by molar-refractivity contribution is 5.89. The third-order valence-corrected chi connectivity index (χ3v) is 3.35. The van der Waals surface area contributed by atoms with Crippen molar-refractivity contribution in [2.45, 2.75) is 13.0 Å². The highest BCUT2D eigenvalue weighted by Gasteiger charge is 2.22. The van der Waals surface area contributed by atoms with Crippen molar-refractivity contribution in [3.8, 4) is 0 Å². The molecule has 5 heteroatoms. The monoisotopic (exact) mass is 262 g/mol. The van der Waals surface area contributed by atoms with Gasteiger partial charge in [0.25, 0.3) is 0 Å². The average Bonchev–Trinajstić information content (AvgIpc) is 2.46. The van der Waals surface area contributed by atoms with Crippen LogP contribution in [-0.4, -0.2) is 43.5 Å². The molecule has 0 aliphatic carbocycles. The zero-order valence-corrected chi connectivity index (χ0v) is 11.2. The van der Waals surface area contributed by atoms with Crippen LogP contribution >= 0.6 is 0 Å². The van der Waals surface area contributed by atoms with E-state index < -0.39 is 0 Å². The molecule has 0 spiro atoms. The molecule has 1 atom stereocenters. The summed E-state index contributed by atoms with van der Waals surface area (Å²) in [7, 11) is 1.36. The van der Waals surface area contributed by atoms with Gasteiger partial charge in [0.2, 0.25) is 5.91 Å². The van der Waals surface area contributed by atoms with E-state index in [2.05, 4.69) is 10.1 Å². The second-order valence-electron chi connectivity index (χ2n) is 4.59. The molecule has 102 valence electrons. The molecule has 0 radical (unpaired) electrons. The van der Waals surface area contributed by atoms with Crippen LogP contribution in [-0.2, 0) is 9.53 Å². The highest BCUT2D eigenvalue weighted by Crippen LogP contribution is 2.18. The summed E-state index contributed by atoms with van der Waals surface area (Å²) >= 11 is 0. The van der Waals surface area contributed by atoms with Crippen LogP contribution < -0.4 is 5.32 Å². The first-order chi connectivity index (χ1) is 9.11. The standard InChI is InChI=1S/C14H18N2O3/c1-10(17)16-8-7-15-13(9-16)11-3-5-12(6-4-11)14(18)19-2/h3-6,13,15H,7-9H2,1-2H3. The molecule has 1 amide bonds. The Labute approximate surface area is 112 Å². The van der Waals surface area contributed by atoms with Gasteiger partial charge >= 0.3 is 5.97 Å². The summed E-state index contributed by atoms with van der Waals surface area (Å²) in [5, 5.41) is 3.37. The molecule has 1 aromatic rings. The SMILES string of the molecule is COC(=O)c1ccc(C2CN(C(C)=O)CCN2)cc1. The molecule has 0 saturated carbocycles. The summed E-state index contributed by atoms with van der Waals surface area (Å²) in [5.41, 5.74) is 1.60. The summed E-state index contributed by atoms with van der Waals surface area (Å²) in [5.74, 6) is -0.244. The smallest absolute Gasteiger partial charge is 0.337 e. The molecule has 1 unspecified atom stereocenters. The average molecular weight is 262 g/mol. The van der Waals surface area contributed by atoms with E-state index in [-0.39, 0.29) is 17.9 Å². The molecule has 1 aliphatic rings. The molecule has 19 heavy (non-hydrogen) atoms. The first-order valence-corrected chi connectivity index (χ1v) is 6.29. The number of rotatable bonds is 2. The molecule has 0 aromatic heterocycles. The summed E-state index contributed by atoms with van der Waals surface area (Å²) in [6, 6.07) is 7.40. The normalized spacial score (nSPS) is 19.1. The van der Waals surface area contributed by atoms with E-state index in [4.69, 9.17) is 0 Å². The summed E-state index contributed by atoms with van der Waals surface area (Å²) in [6.07, 6.45) is 0. The molecule has 2 rings (SSSR count). The quantitative estimate of drug-likeness (QED) is 0.807. The Bertz CT molecular complexity index is 470. The van der Waals surface area contributed by atoms with E-state index in [1.807, 2.05) is 17.0 Å². The van der Waals surface area contributed by atoms with Gasteiger partial charge in [-0.05, 0) is 17.7 Å². The Hall–Kier alpha value is -1.88. The number of nitrogens with zero attached hydrogens (tertiary/aromatic N) is 1. The number of hydrogen-bond donors (Lipinski definition) is 1. The van der Waals surface area contributed by atoms with Gasteiger partial charge in [-0.3, -0.25) is 4.79 Å².